The van der Waals surface area contributed by atoms with E-state index in [2.05, 4.69) is 15.8 Å². The summed E-state index contributed by atoms with van der Waals surface area (Å²) in [6.07, 6.45) is 2.90. The first kappa shape index (κ1) is 28.4. The summed E-state index contributed by atoms with van der Waals surface area (Å²) >= 11 is 11.9. The number of hydrazone groups is 1. The fraction of sp³-hybridized carbons (Fsp3) is 0.0323. The Kier molecular flexibility index (Phi) is 8.81. The molecule has 2 N–H and O–H groups in total. The summed E-state index contributed by atoms with van der Waals surface area (Å²) in [5, 5.41) is 7.23. The molecule has 0 saturated heterocycles. The van der Waals surface area contributed by atoms with Crippen LogP contribution in [0, 0.1) is 0 Å². The minimum Gasteiger partial charge on any atom is -0.454 e. The Bertz CT molecular complexity index is 1710. The highest BCUT2D eigenvalue weighted by Crippen LogP contribution is 2.33. The van der Waals surface area contributed by atoms with Crippen molar-refractivity contribution in [3.63, 3.8) is 0 Å². The third-order valence-corrected chi connectivity index (χ3v) is 6.41. The molecule has 0 bridgehead atoms. The monoisotopic (exact) mass is 601 g/mol. The molecule has 0 fully saturated rings. The Morgan fingerprint density at radius 1 is 0.833 bits per heavy atom. The quantitative estimate of drug-likeness (QED) is 0.0859. The molecule has 210 valence electrons. The van der Waals surface area contributed by atoms with Gasteiger partial charge in [0.05, 0.1) is 16.8 Å². The third kappa shape index (κ3) is 7.14. The number of amides is 2. The number of halogens is 2. The van der Waals surface area contributed by atoms with Crippen LogP contribution in [0.3, 0.4) is 0 Å². The van der Waals surface area contributed by atoms with Crippen LogP contribution in [0.1, 0.15) is 31.8 Å². The molecule has 0 unspecified atom stereocenters. The average Bonchev–Trinajstić information content (AvgIpc) is 3.46. The van der Waals surface area contributed by atoms with Crippen LogP contribution in [0.4, 0.5) is 0 Å². The summed E-state index contributed by atoms with van der Waals surface area (Å²) in [5.41, 5.74) is 4.15. The zero-order valence-corrected chi connectivity index (χ0v) is 23.2. The van der Waals surface area contributed by atoms with E-state index in [1.165, 1.54) is 24.4 Å². The van der Waals surface area contributed by atoms with Gasteiger partial charge in [-0.15, -0.1) is 0 Å². The second-order valence-electron chi connectivity index (χ2n) is 8.77. The van der Waals surface area contributed by atoms with Crippen LogP contribution in [-0.2, 0) is 4.79 Å². The van der Waals surface area contributed by atoms with Crippen molar-refractivity contribution in [1.29, 1.82) is 0 Å². The largest absolute Gasteiger partial charge is 0.454 e. The van der Waals surface area contributed by atoms with Crippen molar-refractivity contribution >= 4 is 53.3 Å². The highest BCUT2D eigenvalue weighted by Gasteiger charge is 2.17. The van der Waals surface area contributed by atoms with Crippen molar-refractivity contribution in [2.45, 2.75) is 0 Å². The van der Waals surface area contributed by atoms with Crippen molar-refractivity contribution in [1.82, 2.24) is 10.7 Å². The number of nitrogens with zero attached hydrogens (tertiary/aromatic N) is 1. The number of ether oxygens (including phenoxy) is 3. The molecule has 0 radical (unpaired) electrons. The number of hydrogen-bond acceptors (Lipinski definition) is 7. The van der Waals surface area contributed by atoms with Gasteiger partial charge in [0.25, 0.3) is 11.8 Å². The number of rotatable bonds is 8. The maximum atomic E-state index is 13.1. The van der Waals surface area contributed by atoms with Crippen LogP contribution in [-0.4, -0.2) is 30.8 Å². The molecule has 0 saturated carbocycles. The van der Waals surface area contributed by atoms with Gasteiger partial charge in [-0.1, -0.05) is 47.5 Å². The van der Waals surface area contributed by atoms with Crippen LogP contribution < -0.4 is 25.0 Å². The van der Waals surface area contributed by atoms with E-state index in [0.29, 0.717) is 33.2 Å². The molecule has 42 heavy (non-hydrogen) atoms. The van der Waals surface area contributed by atoms with Gasteiger partial charge in [-0.05, 0) is 83.9 Å². The first-order valence-corrected chi connectivity index (χ1v) is 13.2. The van der Waals surface area contributed by atoms with E-state index in [4.69, 9.17) is 37.4 Å². The van der Waals surface area contributed by atoms with Gasteiger partial charge in [-0.3, -0.25) is 9.59 Å². The molecule has 0 atom stereocenters. The molecule has 11 heteroatoms. The second-order valence-corrected chi connectivity index (χ2v) is 9.62. The second kappa shape index (κ2) is 13.0. The smallest absolute Gasteiger partial charge is 0.345 e. The SMILES string of the molecule is O=C(NN=Cc1ccc(OC(=O)c2ccc(Cl)cc2Cl)cc1)C(=Cc1ccc2c(c1)OCO2)NC(=O)c1ccccc1. The average molecular weight is 602 g/mol. The molecule has 0 aliphatic carbocycles. The molecule has 9 nitrogen and oxygen atoms in total. The van der Waals surface area contributed by atoms with E-state index in [-0.39, 0.29) is 28.8 Å². The Morgan fingerprint density at radius 2 is 1.57 bits per heavy atom. The maximum Gasteiger partial charge on any atom is 0.345 e. The molecule has 0 spiro atoms. The molecular formula is C31H21Cl2N3O6. The number of carbonyl (C=O) groups is 3. The van der Waals surface area contributed by atoms with Crippen LogP contribution in [0.5, 0.6) is 17.2 Å². The summed E-state index contributed by atoms with van der Waals surface area (Å²) in [6, 6.07) is 24.5. The van der Waals surface area contributed by atoms with E-state index in [1.807, 2.05) is 0 Å². The lowest BCUT2D eigenvalue weighted by molar-refractivity contribution is -0.117. The predicted molar refractivity (Wildman–Crippen MR) is 158 cm³/mol. The standard InChI is InChI=1S/C31H21Cl2N3O6/c32-22-9-12-24(25(33)16-22)31(39)42-23-10-6-19(7-11-23)17-34-36-30(38)26(35-29(37)21-4-2-1-3-5-21)14-20-8-13-27-28(15-20)41-18-40-27/h1-17H,18H2,(H,35,37)(H,36,38). The van der Waals surface area contributed by atoms with Crippen molar-refractivity contribution in [3.8, 4) is 17.2 Å². The van der Waals surface area contributed by atoms with E-state index in [9.17, 15) is 14.4 Å². The Labute approximate surface area is 250 Å². The van der Waals surface area contributed by atoms with Gasteiger partial charge >= 0.3 is 5.97 Å². The van der Waals surface area contributed by atoms with Gasteiger partial charge in [0.1, 0.15) is 11.4 Å². The maximum absolute atomic E-state index is 13.1. The minimum absolute atomic E-state index is 0.0389. The van der Waals surface area contributed by atoms with Crippen LogP contribution in [0.15, 0.2) is 102 Å². The number of esters is 1. The zero-order chi connectivity index (χ0) is 29.5. The fourth-order valence-electron chi connectivity index (χ4n) is 3.78. The highest BCUT2D eigenvalue weighted by atomic mass is 35.5. The molecule has 0 aromatic heterocycles. The molecule has 5 rings (SSSR count). The highest BCUT2D eigenvalue weighted by molar-refractivity contribution is 6.36. The van der Waals surface area contributed by atoms with Gasteiger partial charge < -0.3 is 19.5 Å². The number of hydrogen-bond donors (Lipinski definition) is 2. The molecule has 1 aliphatic rings. The summed E-state index contributed by atoms with van der Waals surface area (Å²) in [7, 11) is 0. The summed E-state index contributed by atoms with van der Waals surface area (Å²) in [4.78, 5) is 38.3. The minimum atomic E-state index is -0.654. The molecular weight excluding hydrogens is 581 g/mol. The van der Waals surface area contributed by atoms with Crippen LogP contribution >= 0.6 is 23.2 Å². The summed E-state index contributed by atoms with van der Waals surface area (Å²) in [6.45, 7) is 0.107. The van der Waals surface area contributed by atoms with E-state index >= 15 is 0 Å². The number of carbonyl (C=O) groups excluding carboxylic acids is 3. The first-order chi connectivity index (χ1) is 20.4. The Hall–Kier alpha value is -5.12. The first-order valence-electron chi connectivity index (χ1n) is 12.4. The van der Waals surface area contributed by atoms with E-state index in [1.54, 1.807) is 78.9 Å². The van der Waals surface area contributed by atoms with Crippen molar-refractivity contribution in [3.05, 3.63) is 129 Å². The Morgan fingerprint density at radius 3 is 2.33 bits per heavy atom. The lowest BCUT2D eigenvalue weighted by Crippen LogP contribution is -2.32. The predicted octanol–water partition coefficient (Wildman–Crippen LogP) is 5.86. The molecule has 1 heterocycles. The van der Waals surface area contributed by atoms with Crippen LogP contribution in [0.25, 0.3) is 6.08 Å². The number of benzene rings is 4. The summed E-state index contributed by atoms with van der Waals surface area (Å²) in [5.74, 6) is -0.355. The zero-order valence-electron chi connectivity index (χ0n) is 21.7. The molecule has 4 aromatic rings. The van der Waals surface area contributed by atoms with Crippen LogP contribution in [0.2, 0.25) is 10.0 Å². The summed E-state index contributed by atoms with van der Waals surface area (Å²) < 4.78 is 16.1. The lowest BCUT2D eigenvalue weighted by atomic mass is 10.1. The van der Waals surface area contributed by atoms with E-state index in [0.717, 1.165) is 0 Å². The van der Waals surface area contributed by atoms with Gasteiger partial charge in [0.15, 0.2) is 11.5 Å². The molecule has 1 aliphatic heterocycles. The van der Waals surface area contributed by atoms with Crippen molar-refractivity contribution < 1.29 is 28.6 Å². The Balaban J connectivity index is 1.26. The van der Waals surface area contributed by atoms with Crippen molar-refractivity contribution in [2.24, 2.45) is 5.10 Å². The fourth-order valence-corrected chi connectivity index (χ4v) is 4.26. The van der Waals surface area contributed by atoms with Gasteiger partial charge in [-0.25, -0.2) is 10.2 Å². The van der Waals surface area contributed by atoms with Gasteiger partial charge in [-0.2, -0.15) is 5.10 Å². The number of fused-ring (bicyclic) bond motifs is 1. The van der Waals surface area contributed by atoms with Gasteiger partial charge in [0, 0.05) is 10.6 Å². The molecule has 4 aromatic carbocycles. The normalized spacial score (nSPS) is 12.2. The van der Waals surface area contributed by atoms with Gasteiger partial charge in [0.2, 0.25) is 6.79 Å². The van der Waals surface area contributed by atoms with Crippen molar-refractivity contribution in [2.75, 3.05) is 6.79 Å². The lowest BCUT2D eigenvalue weighted by Gasteiger charge is -2.09. The topological polar surface area (TPSA) is 115 Å². The van der Waals surface area contributed by atoms with E-state index < -0.39 is 17.8 Å². The number of nitrogens with one attached hydrogen (secondary N) is 2. The molecule has 2 amide bonds. The third-order valence-electron chi connectivity index (χ3n) is 5.86.